The Morgan fingerprint density at radius 1 is 1.15 bits per heavy atom. The highest BCUT2D eigenvalue weighted by Crippen LogP contribution is 2.23. The summed E-state index contributed by atoms with van der Waals surface area (Å²) in [6, 6.07) is 8.04. The van der Waals surface area contributed by atoms with Gasteiger partial charge < -0.3 is 19.9 Å². The van der Waals surface area contributed by atoms with Crippen LogP contribution in [0.15, 0.2) is 24.3 Å². The Hall–Kier alpha value is -1.59. The fourth-order valence-corrected chi connectivity index (χ4v) is 3.98. The molecule has 1 aromatic rings. The molecule has 0 spiro atoms. The van der Waals surface area contributed by atoms with E-state index in [1.807, 2.05) is 24.3 Å². The minimum Gasteiger partial charge on any atom is -0.494 e. The highest BCUT2D eigenvalue weighted by Gasteiger charge is 2.31. The average Bonchev–Trinajstić information content (AvgIpc) is 3.34. The van der Waals surface area contributed by atoms with Crippen LogP contribution >= 0.6 is 0 Å². The predicted molar refractivity (Wildman–Crippen MR) is 105 cm³/mol. The standard InChI is InChI=1S/C21H33N3O2/c1-2-22-12-6-16-26-20-10-8-18(9-11-20)21(25)24-15-5-7-19(24)17-23-13-3-4-14-23/h8-11,19,22H,2-7,12-17H2,1H3/t19-/m0/s1. The Bertz CT molecular complexity index is 555. The van der Waals surface area contributed by atoms with Gasteiger partial charge in [-0.25, -0.2) is 0 Å². The van der Waals surface area contributed by atoms with Gasteiger partial charge in [0.05, 0.1) is 6.61 Å². The van der Waals surface area contributed by atoms with Crippen LogP contribution < -0.4 is 10.1 Å². The van der Waals surface area contributed by atoms with Gasteiger partial charge in [-0.05, 0) is 82.5 Å². The van der Waals surface area contributed by atoms with Crippen molar-refractivity contribution < 1.29 is 9.53 Å². The Morgan fingerprint density at radius 3 is 2.65 bits per heavy atom. The molecule has 0 radical (unpaired) electrons. The zero-order valence-electron chi connectivity index (χ0n) is 16.1. The molecule has 0 unspecified atom stereocenters. The van der Waals surface area contributed by atoms with E-state index in [1.54, 1.807) is 0 Å². The smallest absolute Gasteiger partial charge is 0.254 e. The van der Waals surface area contributed by atoms with E-state index in [9.17, 15) is 4.79 Å². The van der Waals surface area contributed by atoms with Gasteiger partial charge in [-0.15, -0.1) is 0 Å². The first kappa shape index (κ1) is 19.2. The lowest BCUT2D eigenvalue weighted by molar-refractivity contribution is 0.0708. The third kappa shape index (κ3) is 5.21. The van der Waals surface area contributed by atoms with Crippen LogP contribution in [0.25, 0.3) is 0 Å². The van der Waals surface area contributed by atoms with Crippen molar-refractivity contribution >= 4 is 5.91 Å². The SMILES string of the molecule is CCNCCCOc1ccc(C(=O)N2CCC[C@H]2CN2CCCC2)cc1. The molecule has 2 saturated heterocycles. The van der Waals surface area contributed by atoms with Crippen LogP contribution in [0, 0.1) is 0 Å². The molecule has 2 heterocycles. The number of hydrogen-bond donors (Lipinski definition) is 1. The van der Waals surface area contributed by atoms with E-state index >= 15 is 0 Å². The van der Waals surface area contributed by atoms with Gasteiger partial charge in [-0.3, -0.25) is 4.79 Å². The first-order valence-electron chi connectivity index (χ1n) is 10.2. The lowest BCUT2D eigenvalue weighted by Crippen LogP contribution is -2.42. The normalized spacial score (nSPS) is 20.7. The summed E-state index contributed by atoms with van der Waals surface area (Å²) in [4.78, 5) is 17.5. The van der Waals surface area contributed by atoms with Gasteiger partial charge in [0.1, 0.15) is 5.75 Å². The van der Waals surface area contributed by atoms with Crippen LogP contribution in [-0.2, 0) is 0 Å². The molecule has 2 aliphatic rings. The minimum absolute atomic E-state index is 0.172. The molecule has 5 heteroatoms. The van der Waals surface area contributed by atoms with E-state index in [2.05, 4.69) is 22.0 Å². The predicted octanol–water partition coefficient (Wildman–Crippen LogP) is 2.77. The van der Waals surface area contributed by atoms with Crippen LogP contribution in [0.2, 0.25) is 0 Å². The molecule has 1 amide bonds. The fraction of sp³-hybridized carbons (Fsp3) is 0.667. The van der Waals surface area contributed by atoms with E-state index in [-0.39, 0.29) is 5.91 Å². The summed E-state index contributed by atoms with van der Waals surface area (Å²) in [5.74, 6) is 1.01. The lowest BCUT2D eigenvalue weighted by atomic mass is 10.1. The molecular formula is C21H33N3O2. The topological polar surface area (TPSA) is 44.8 Å². The Morgan fingerprint density at radius 2 is 1.92 bits per heavy atom. The number of hydrogen-bond acceptors (Lipinski definition) is 4. The van der Waals surface area contributed by atoms with Gasteiger partial charge in [0, 0.05) is 24.7 Å². The fourth-order valence-electron chi connectivity index (χ4n) is 3.98. The Balaban J connectivity index is 1.50. The second kappa shape index (κ2) is 9.93. The summed E-state index contributed by atoms with van der Waals surface area (Å²) < 4.78 is 5.75. The number of likely N-dealkylation sites (tertiary alicyclic amines) is 2. The highest BCUT2D eigenvalue weighted by molar-refractivity contribution is 5.94. The van der Waals surface area contributed by atoms with Crippen molar-refractivity contribution in [3.05, 3.63) is 29.8 Å². The first-order valence-corrected chi connectivity index (χ1v) is 10.2. The van der Waals surface area contributed by atoms with E-state index < -0.39 is 0 Å². The van der Waals surface area contributed by atoms with Crippen molar-refractivity contribution in [3.8, 4) is 5.75 Å². The quantitative estimate of drug-likeness (QED) is 0.689. The van der Waals surface area contributed by atoms with E-state index in [4.69, 9.17) is 4.74 Å². The zero-order valence-corrected chi connectivity index (χ0v) is 16.1. The molecule has 26 heavy (non-hydrogen) atoms. The van der Waals surface area contributed by atoms with Gasteiger partial charge in [0.25, 0.3) is 5.91 Å². The maximum Gasteiger partial charge on any atom is 0.254 e. The zero-order chi connectivity index (χ0) is 18.2. The molecule has 1 aromatic carbocycles. The third-order valence-electron chi connectivity index (χ3n) is 5.42. The number of amides is 1. The number of nitrogens with one attached hydrogen (secondary N) is 1. The van der Waals surface area contributed by atoms with Gasteiger partial charge in [0.15, 0.2) is 0 Å². The summed E-state index contributed by atoms with van der Waals surface area (Å²) in [6.45, 7) is 9.08. The molecular weight excluding hydrogens is 326 g/mol. The molecule has 0 aromatic heterocycles. The van der Waals surface area contributed by atoms with Crippen LogP contribution in [0.5, 0.6) is 5.75 Å². The number of ether oxygens (including phenoxy) is 1. The largest absolute Gasteiger partial charge is 0.494 e. The molecule has 0 saturated carbocycles. The molecule has 0 bridgehead atoms. The van der Waals surface area contributed by atoms with E-state index in [0.29, 0.717) is 12.6 Å². The average molecular weight is 360 g/mol. The molecule has 2 fully saturated rings. The third-order valence-corrected chi connectivity index (χ3v) is 5.42. The van der Waals surface area contributed by atoms with Crippen LogP contribution in [0.4, 0.5) is 0 Å². The highest BCUT2D eigenvalue weighted by atomic mass is 16.5. The maximum atomic E-state index is 12.9. The van der Waals surface area contributed by atoms with Crippen molar-refractivity contribution in [1.29, 1.82) is 0 Å². The first-order chi connectivity index (χ1) is 12.8. The number of carbonyl (C=O) groups is 1. The summed E-state index contributed by atoms with van der Waals surface area (Å²) >= 11 is 0. The summed E-state index contributed by atoms with van der Waals surface area (Å²) in [5, 5.41) is 3.29. The van der Waals surface area contributed by atoms with Crippen molar-refractivity contribution in [3.63, 3.8) is 0 Å². The van der Waals surface area contributed by atoms with Crippen LogP contribution in [-0.4, -0.2) is 67.6 Å². The molecule has 5 nitrogen and oxygen atoms in total. The Kier molecular flexibility index (Phi) is 7.32. The molecule has 1 atom stereocenters. The number of carbonyl (C=O) groups excluding carboxylic acids is 1. The van der Waals surface area contributed by atoms with E-state index in [1.165, 1.54) is 25.9 Å². The van der Waals surface area contributed by atoms with Crippen LogP contribution in [0.3, 0.4) is 0 Å². The van der Waals surface area contributed by atoms with Crippen molar-refractivity contribution in [1.82, 2.24) is 15.1 Å². The second-order valence-electron chi connectivity index (χ2n) is 7.38. The summed E-state index contributed by atoms with van der Waals surface area (Å²) in [7, 11) is 0. The summed E-state index contributed by atoms with van der Waals surface area (Å²) in [6.07, 6.45) is 5.85. The maximum absolute atomic E-state index is 12.9. The van der Waals surface area contributed by atoms with Gasteiger partial charge in [0.2, 0.25) is 0 Å². The van der Waals surface area contributed by atoms with Gasteiger partial charge in [-0.1, -0.05) is 6.92 Å². The van der Waals surface area contributed by atoms with E-state index in [0.717, 1.165) is 56.8 Å². The molecule has 1 N–H and O–H groups in total. The molecule has 144 valence electrons. The van der Waals surface area contributed by atoms with Crippen molar-refractivity contribution in [2.45, 2.75) is 45.1 Å². The molecule has 0 aliphatic carbocycles. The van der Waals surface area contributed by atoms with Crippen molar-refractivity contribution in [2.24, 2.45) is 0 Å². The number of nitrogens with zero attached hydrogens (tertiary/aromatic N) is 2. The number of rotatable bonds is 9. The monoisotopic (exact) mass is 359 g/mol. The van der Waals surface area contributed by atoms with Crippen LogP contribution in [0.1, 0.15) is 49.4 Å². The minimum atomic E-state index is 0.172. The number of benzene rings is 1. The lowest BCUT2D eigenvalue weighted by Gasteiger charge is -2.28. The molecule has 2 aliphatic heterocycles. The second-order valence-corrected chi connectivity index (χ2v) is 7.38. The van der Waals surface area contributed by atoms with Gasteiger partial charge in [-0.2, -0.15) is 0 Å². The van der Waals surface area contributed by atoms with Gasteiger partial charge >= 0.3 is 0 Å². The molecule has 3 rings (SSSR count). The summed E-state index contributed by atoms with van der Waals surface area (Å²) in [5.41, 5.74) is 0.776. The van der Waals surface area contributed by atoms with Crippen molar-refractivity contribution in [2.75, 3.05) is 45.9 Å². The Labute approximate surface area is 157 Å².